The number of benzene rings is 1. The van der Waals surface area contributed by atoms with Crippen LogP contribution >= 0.6 is 0 Å². The molecule has 2 atom stereocenters. The minimum absolute atomic E-state index is 0.102. The molecule has 0 radical (unpaired) electrons. The molecule has 1 aromatic heterocycles. The number of ether oxygens (including phenoxy) is 2. The van der Waals surface area contributed by atoms with E-state index < -0.39 is 17.7 Å². The normalized spacial score (nSPS) is 21.9. The standard InChI is InChI=1S/C31H41N7O5/c1-19-18-42-15-14-37(19)28-34-24-17-36(27(39)25-6-5-13-38(25)30(41)43-31(2,3)4)16-23(24)26(35-28)20-7-9-21(10-8-20)32-29(40)33-22-11-12-22/h7-10,19,22,25H,5-6,11-18H2,1-4H3,(H2,32,33,40). The number of rotatable bonds is 5. The predicted octanol–water partition coefficient (Wildman–Crippen LogP) is 3.89. The van der Waals surface area contributed by atoms with Gasteiger partial charge in [-0.2, -0.15) is 0 Å². The zero-order chi connectivity index (χ0) is 30.3. The molecule has 4 heterocycles. The second-order valence-electron chi connectivity index (χ2n) is 12.9. The first-order valence-corrected chi connectivity index (χ1v) is 15.3. The summed E-state index contributed by atoms with van der Waals surface area (Å²) in [5.41, 5.74) is 3.39. The van der Waals surface area contributed by atoms with Crippen LogP contribution in [0.15, 0.2) is 24.3 Å². The summed E-state index contributed by atoms with van der Waals surface area (Å²) >= 11 is 0. The van der Waals surface area contributed by atoms with Crippen LogP contribution in [0.4, 0.5) is 21.2 Å². The van der Waals surface area contributed by atoms with E-state index in [4.69, 9.17) is 19.4 Å². The van der Waals surface area contributed by atoms with Gasteiger partial charge in [0.2, 0.25) is 11.9 Å². The fourth-order valence-electron chi connectivity index (χ4n) is 5.85. The average Bonchev–Trinajstić information content (AvgIpc) is 3.45. The molecule has 2 unspecified atom stereocenters. The van der Waals surface area contributed by atoms with Crippen molar-refractivity contribution in [3.05, 3.63) is 35.5 Å². The van der Waals surface area contributed by atoms with Gasteiger partial charge in [-0.25, -0.2) is 19.6 Å². The third kappa shape index (κ3) is 6.53. The highest BCUT2D eigenvalue weighted by Crippen LogP contribution is 2.35. The van der Waals surface area contributed by atoms with E-state index in [0.717, 1.165) is 41.8 Å². The minimum atomic E-state index is -0.638. The molecule has 3 aliphatic heterocycles. The SMILES string of the molecule is CC1COCCN1c1nc2c(c(-c3ccc(NC(=O)NC4CC4)cc3)n1)CN(C(=O)C1CCCN1C(=O)OC(C)(C)C)C2. The van der Waals surface area contributed by atoms with Gasteiger partial charge >= 0.3 is 12.1 Å². The quantitative estimate of drug-likeness (QED) is 0.536. The van der Waals surface area contributed by atoms with E-state index in [1.807, 2.05) is 45.0 Å². The van der Waals surface area contributed by atoms with Gasteiger partial charge in [0, 0.05) is 35.9 Å². The number of urea groups is 1. The van der Waals surface area contributed by atoms with Crippen molar-refractivity contribution in [3.63, 3.8) is 0 Å². The Kier molecular flexibility index (Phi) is 7.89. The van der Waals surface area contributed by atoms with Crippen LogP contribution in [0, 0.1) is 0 Å². The molecular weight excluding hydrogens is 550 g/mol. The lowest BCUT2D eigenvalue weighted by atomic mass is 10.1. The Morgan fingerprint density at radius 3 is 2.49 bits per heavy atom. The minimum Gasteiger partial charge on any atom is -0.444 e. The Hall–Kier alpha value is -3.93. The summed E-state index contributed by atoms with van der Waals surface area (Å²) in [6, 6.07) is 7.22. The van der Waals surface area contributed by atoms with Crippen LogP contribution in [0.1, 0.15) is 64.6 Å². The third-order valence-corrected chi connectivity index (χ3v) is 8.20. The number of morpholine rings is 1. The number of aromatic nitrogens is 2. The Morgan fingerprint density at radius 2 is 1.79 bits per heavy atom. The molecule has 2 aromatic rings. The lowest BCUT2D eigenvalue weighted by Gasteiger charge is -2.33. The Balaban J connectivity index is 1.26. The third-order valence-electron chi connectivity index (χ3n) is 8.20. The first-order valence-electron chi connectivity index (χ1n) is 15.3. The summed E-state index contributed by atoms with van der Waals surface area (Å²) in [6.07, 6.45) is 2.94. The number of carbonyl (C=O) groups excluding carboxylic acids is 3. The number of likely N-dealkylation sites (tertiary alicyclic amines) is 1. The number of hydrogen-bond acceptors (Lipinski definition) is 8. The van der Waals surface area contributed by atoms with E-state index in [1.165, 1.54) is 0 Å². The van der Waals surface area contributed by atoms with Crippen molar-refractivity contribution in [2.45, 2.75) is 90.2 Å². The van der Waals surface area contributed by atoms with Crippen molar-refractivity contribution in [1.82, 2.24) is 25.1 Å². The van der Waals surface area contributed by atoms with Gasteiger partial charge in [0.05, 0.1) is 43.7 Å². The largest absolute Gasteiger partial charge is 0.444 e. The summed E-state index contributed by atoms with van der Waals surface area (Å²) in [5.74, 6) is 0.510. The van der Waals surface area contributed by atoms with Crippen LogP contribution in [-0.2, 0) is 27.4 Å². The fraction of sp³-hybridized carbons (Fsp3) is 0.581. The molecule has 4 aliphatic rings. The Bertz CT molecular complexity index is 1390. The van der Waals surface area contributed by atoms with Crippen molar-refractivity contribution in [2.75, 3.05) is 36.5 Å². The van der Waals surface area contributed by atoms with Crippen LogP contribution < -0.4 is 15.5 Å². The monoisotopic (exact) mass is 591 g/mol. The molecule has 4 amide bonds. The van der Waals surface area contributed by atoms with Gasteiger partial charge in [0.25, 0.3) is 0 Å². The number of amides is 4. The van der Waals surface area contributed by atoms with Crippen LogP contribution in [0.5, 0.6) is 0 Å². The highest BCUT2D eigenvalue weighted by molar-refractivity contribution is 5.90. The highest BCUT2D eigenvalue weighted by atomic mass is 16.6. The van der Waals surface area contributed by atoms with Gasteiger partial charge in [-0.3, -0.25) is 9.69 Å². The van der Waals surface area contributed by atoms with E-state index in [1.54, 1.807) is 9.80 Å². The van der Waals surface area contributed by atoms with Crippen molar-refractivity contribution < 1.29 is 23.9 Å². The summed E-state index contributed by atoms with van der Waals surface area (Å²) in [4.78, 5) is 54.5. The first-order chi connectivity index (χ1) is 20.6. The molecule has 1 aliphatic carbocycles. The number of carbonyl (C=O) groups is 3. The van der Waals surface area contributed by atoms with Crippen molar-refractivity contribution in [1.29, 1.82) is 0 Å². The van der Waals surface area contributed by atoms with E-state index in [0.29, 0.717) is 57.4 Å². The van der Waals surface area contributed by atoms with Gasteiger partial charge < -0.3 is 29.9 Å². The molecule has 12 heteroatoms. The van der Waals surface area contributed by atoms with E-state index in [9.17, 15) is 14.4 Å². The van der Waals surface area contributed by atoms with Gasteiger partial charge in [0.15, 0.2) is 0 Å². The zero-order valence-electron chi connectivity index (χ0n) is 25.4. The molecule has 6 rings (SSSR count). The van der Waals surface area contributed by atoms with E-state index >= 15 is 0 Å². The van der Waals surface area contributed by atoms with E-state index in [2.05, 4.69) is 22.5 Å². The van der Waals surface area contributed by atoms with Gasteiger partial charge in [0.1, 0.15) is 11.6 Å². The molecule has 230 valence electrons. The molecule has 2 N–H and O–H groups in total. The average molecular weight is 592 g/mol. The molecule has 0 spiro atoms. The number of fused-ring (bicyclic) bond motifs is 1. The fourth-order valence-corrected chi connectivity index (χ4v) is 5.85. The highest BCUT2D eigenvalue weighted by Gasteiger charge is 2.41. The first kappa shape index (κ1) is 29.2. The summed E-state index contributed by atoms with van der Waals surface area (Å²) in [7, 11) is 0. The maximum atomic E-state index is 13.9. The van der Waals surface area contributed by atoms with Gasteiger partial charge in [-0.15, -0.1) is 0 Å². The molecule has 12 nitrogen and oxygen atoms in total. The zero-order valence-corrected chi connectivity index (χ0v) is 25.4. The molecule has 43 heavy (non-hydrogen) atoms. The second kappa shape index (κ2) is 11.6. The summed E-state index contributed by atoms with van der Waals surface area (Å²) < 4.78 is 11.2. The summed E-state index contributed by atoms with van der Waals surface area (Å²) in [6.45, 7) is 10.6. The number of hydrogen-bond donors (Lipinski definition) is 2. The number of nitrogens with one attached hydrogen (secondary N) is 2. The van der Waals surface area contributed by atoms with Gasteiger partial charge in [-0.1, -0.05) is 12.1 Å². The van der Waals surface area contributed by atoms with Crippen LogP contribution in [0.3, 0.4) is 0 Å². The maximum absolute atomic E-state index is 13.9. The molecule has 0 bridgehead atoms. The molecule has 1 saturated carbocycles. The molecule has 2 saturated heterocycles. The smallest absolute Gasteiger partial charge is 0.410 e. The molecule has 1 aromatic carbocycles. The Morgan fingerprint density at radius 1 is 1.02 bits per heavy atom. The van der Waals surface area contributed by atoms with Crippen LogP contribution in [0.25, 0.3) is 11.3 Å². The predicted molar refractivity (Wildman–Crippen MR) is 160 cm³/mol. The van der Waals surface area contributed by atoms with Crippen molar-refractivity contribution in [3.8, 4) is 11.3 Å². The number of nitrogens with zero attached hydrogens (tertiary/aromatic N) is 5. The van der Waals surface area contributed by atoms with Crippen molar-refractivity contribution >= 4 is 29.7 Å². The molecular formula is C31H41N7O5. The van der Waals surface area contributed by atoms with Crippen LogP contribution in [-0.4, -0.2) is 87.8 Å². The van der Waals surface area contributed by atoms with E-state index in [-0.39, 0.29) is 24.0 Å². The lowest BCUT2D eigenvalue weighted by Crippen LogP contribution is -2.47. The van der Waals surface area contributed by atoms with Crippen molar-refractivity contribution in [2.24, 2.45) is 0 Å². The maximum Gasteiger partial charge on any atom is 0.410 e. The van der Waals surface area contributed by atoms with Crippen LogP contribution in [0.2, 0.25) is 0 Å². The van der Waals surface area contributed by atoms with Gasteiger partial charge in [-0.05, 0) is 65.5 Å². The Labute approximate surface area is 252 Å². The second-order valence-corrected chi connectivity index (χ2v) is 12.9. The number of anilines is 2. The summed E-state index contributed by atoms with van der Waals surface area (Å²) in [5, 5.41) is 5.83. The molecule has 3 fully saturated rings. The topological polar surface area (TPSA) is 129 Å². The lowest BCUT2D eigenvalue weighted by molar-refractivity contribution is -0.136.